The third kappa shape index (κ3) is 2.72. The van der Waals surface area contributed by atoms with E-state index in [0.717, 1.165) is 44.3 Å². The van der Waals surface area contributed by atoms with Gasteiger partial charge >= 0.3 is 0 Å². The van der Waals surface area contributed by atoms with Crippen LogP contribution in [0.15, 0.2) is 36.7 Å². The fourth-order valence-corrected chi connectivity index (χ4v) is 3.92. The summed E-state index contributed by atoms with van der Waals surface area (Å²) in [7, 11) is 1.92. The SMILES string of the molecule is Cn1cc(C[C@@H]2CCN(C(=O)C3(c4ccc(F)cc4)CC3)C2)cn1. The Morgan fingerprint density at radius 1 is 1.33 bits per heavy atom. The molecule has 2 aliphatic rings. The number of carbonyl (C=O) groups excluding carboxylic acids is 1. The minimum atomic E-state index is -0.392. The van der Waals surface area contributed by atoms with Gasteiger partial charge in [0, 0.05) is 26.3 Å². The predicted octanol–water partition coefficient (Wildman–Crippen LogP) is 2.68. The molecule has 2 fully saturated rings. The molecule has 126 valence electrons. The smallest absolute Gasteiger partial charge is 0.233 e. The monoisotopic (exact) mass is 327 g/mol. The first kappa shape index (κ1) is 15.4. The molecule has 1 atom stereocenters. The predicted molar refractivity (Wildman–Crippen MR) is 88.9 cm³/mol. The summed E-state index contributed by atoms with van der Waals surface area (Å²) in [5.74, 6) is 0.477. The van der Waals surface area contributed by atoms with Crippen molar-refractivity contribution in [2.45, 2.75) is 31.1 Å². The highest BCUT2D eigenvalue weighted by atomic mass is 19.1. The lowest BCUT2D eigenvalue weighted by Crippen LogP contribution is -2.38. The van der Waals surface area contributed by atoms with Gasteiger partial charge in [0.15, 0.2) is 0 Å². The molecule has 1 saturated carbocycles. The number of carbonyl (C=O) groups is 1. The second-order valence-electron chi connectivity index (χ2n) is 7.22. The number of likely N-dealkylation sites (tertiary alicyclic amines) is 1. The van der Waals surface area contributed by atoms with E-state index in [-0.39, 0.29) is 11.7 Å². The lowest BCUT2D eigenvalue weighted by molar-refractivity contribution is -0.133. The Labute approximate surface area is 141 Å². The van der Waals surface area contributed by atoms with Crippen LogP contribution in [0, 0.1) is 11.7 Å². The zero-order chi connectivity index (χ0) is 16.7. The topological polar surface area (TPSA) is 38.1 Å². The first-order valence-corrected chi connectivity index (χ1v) is 8.60. The average Bonchev–Trinajstić information content (AvgIpc) is 3.08. The Bertz CT molecular complexity index is 748. The van der Waals surface area contributed by atoms with Gasteiger partial charge in [-0.3, -0.25) is 9.48 Å². The van der Waals surface area contributed by atoms with Gasteiger partial charge in [-0.25, -0.2) is 4.39 Å². The summed E-state index contributed by atoms with van der Waals surface area (Å²) in [6, 6.07) is 6.45. The van der Waals surface area contributed by atoms with Crippen LogP contribution in [0.2, 0.25) is 0 Å². The first-order chi connectivity index (χ1) is 11.6. The molecular weight excluding hydrogens is 305 g/mol. The van der Waals surface area contributed by atoms with Gasteiger partial charge < -0.3 is 4.90 Å². The quantitative estimate of drug-likeness (QED) is 0.866. The summed E-state index contributed by atoms with van der Waals surface area (Å²) in [4.78, 5) is 15.0. The van der Waals surface area contributed by atoms with E-state index in [2.05, 4.69) is 5.10 Å². The maximum absolute atomic E-state index is 13.2. The summed E-state index contributed by atoms with van der Waals surface area (Å²) < 4.78 is 15.0. The second-order valence-corrected chi connectivity index (χ2v) is 7.22. The van der Waals surface area contributed by atoms with Gasteiger partial charge in [0.2, 0.25) is 5.91 Å². The summed E-state index contributed by atoms with van der Waals surface area (Å²) in [6.45, 7) is 1.64. The number of aryl methyl sites for hydroxylation is 1. The molecule has 1 aromatic carbocycles. The lowest BCUT2D eigenvalue weighted by atomic mass is 9.94. The zero-order valence-corrected chi connectivity index (χ0v) is 13.9. The van der Waals surface area contributed by atoms with Gasteiger partial charge in [0.25, 0.3) is 0 Å². The molecule has 2 aromatic rings. The van der Waals surface area contributed by atoms with E-state index in [0.29, 0.717) is 5.92 Å². The summed E-state index contributed by atoms with van der Waals surface area (Å²) >= 11 is 0. The second kappa shape index (κ2) is 5.72. The number of halogens is 1. The van der Waals surface area contributed by atoms with Crippen LogP contribution >= 0.6 is 0 Å². The molecule has 1 saturated heterocycles. The van der Waals surface area contributed by atoms with E-state index in [1.807, 2.05) is 29.0 Å². The van der Waals surface area contributed by atoms with Gasteiger partial charge in [-0.1, -0.05) is 12.1 Å². The standard InChI is InChI=1S/C19H22FN3O/c1-22-12-15(11-21-22)10-14-6-9-23(13-14)18(24)19(7-8-19)16-2-4-17(20)5-3-16/h2-5,11-12,14H,6-10,13H2,1H3/t14-/m0/s1. The normalized spacial score (nSPS) is 21.9. The number of hydrogen-bond donors (Lipinski definition) is 0. The average molecular weight is 327 g/mol. The van der Waals surface area contributed by atoms with Gasteiger partial charge in [0.1, 0.15) is 5.82 Å². The molecule has 24 heavy (non-hydrogen) atoms. The van der Waals surface area contributed by atoms with Crippen molar-refractivity contribution in [1.29, 1.82) is 0 Å². The van der Waals surface area contributed by atoms with Crippen molar-refractivity contribution in [3.05, 3.63) is 53.6 Å². The van der Waals surface area contributed by atoms with Crippen LogP contribution in [0.3, 0.4) is 0 Å². The summed E-state index contributed by atoms with van der Waals surface area (Å²) in [5, 5.41) is 4.21. The fraction of sp³-hybridized carbons (Fsp3) is 0.474. The van der Waals surface area contributed by atoms with Crippen LogP contribution in [0.4, 0.5) is 4.39 Å². The lowest BCUT2D eigenvalue weighted by Gasteiger charge is -2.23. The van der Waals surface area contributed by atoms with Crippen LogP contribution in [-0.4, -0.2) is 33.7 Å². The molecule has 0 N–H and O–H groups in total. The third-order valence-electron chi connectivity index (χ3n) is 5.41. The number of benzene rings is 1. The zero-order valence-electron chi connectivity index (χ0n) is 13.9. The van der Waals surface area contributed by atoms with Crippen LogP contribution in [0.1, 0.15) is 30.4 Å². The Hall–Kier alpha value is -2.17. The summed E-state index contributed by atoms with van der Waals surface area (Å²) in [5.41, 5.74) is 1.80. The maximum Gasteiger partial charge on any atom is 0.233 e. The third-order valence-corrected chi connectivity index (χ3v) is 5.41. The van der Waals surface area contributed by atoms with E-state index in [9.17, 15) is 9.18 Å². The maximum atomic E-state index is 13.2. The minimum absolute atomic E-state index is 0.225. The van der Waals surface area contributed by atoms with Crippen molar-refractivity contribution in [2.75, 3.05) is 13.1 Å². The van der Waals surface area contributed by atoms with E-state index in [1.165, 1.54) is 17.7 Å². The molecular formula is C19H22FN3O. The number of rotatable bonds is 4. The van der Waals surface area contributed by atoms with Gasteiger partial charge in [-0.15, -0.1) is 0 Å². The van der Waals surface area contributed by atoms with Crippen molar-refractivity contribution in [3.8, 4) is 0 Å². The van der Waals surface area contributed by atoms with E-state index < -0.39 is 5.41 Å². The van der Waals surface area contributed by atoms with Gasteiger partial charge in [-0.2, -0.15) is 5.10 Å². The Morgan fingerprint density at radius 2 is 2.08 bits per heavy atom. The van der Waals surface area contributed by atoms with Crippen LogP contribution in [0.25, 0.3) is 0 Å². The molecule has 2 heterocycles. The van der Waals surface area contributed by atoms with Crippen molar-refractivity contribution in [3.63, 3.8) is 0 Å². The largest absolute Gasteiger partial charge is 0.342 e. The Morgan fingerprint density at radius 3 is 2.71 bits per heavy atom. The molecule has 4 rings (SSSR count). The molecule has 0 unspecified atom stereocenters. The number of aromatic nitrogens is 2. The van der Waals surface area contributed by atoms with Crippen molar-refractivity contribution in [2.24, 2.45) is 13.0 Å². The van der Waals surface area contributed by atoms with Crippen molar-refractivity contribution >= 4 is 5.91 Å². The van der Waals surface area contributed by atoms with E-state index >= 15 is 0 Å². The molecule has 0 radical (unpaired) electrons. The molecule has 1 aromatic heterocycles. The summed E-state index contributed by atoms with van der Waals surface area (Å²) in [6.07, 6.45) is 7.72. The van der Waals surface area contributed by atoms with Crippen LogP contribution < -0.4 is 0 Å². The molecule has 1 amide bonds. The molecule has 4 nitrogen and oxygen atoms in total. The number of amides is 1. The molecule has 1 aliphatic carbocycles. The first-order valence-electron chi connectivity index (χ1n) is 8.60. The van der Waals surface area contributed by atoms with Crippen LogP contribution in [-0.2, 0) is 23.7 Å². The van der Waals surface area contributed by atoms with Gasteiger partial charge in [0.05, 0.1) is 11.6 Å². The highest BCUT2D eigenvalue weighted by Crippen LogP contribution is 2.50. The molecule has 1 aliphatic heterocycles. The fourth-order valence-electron chi connectivity index (χ4n) is 3.92. The highest BCUT2D eigenvalue weighted by Gasteiger charge is 2.53. The molecule has 0 spiro atoms. The Kier molecular flexibility index (Phi) is 3.66. The number of hydrogen-bond acceptors (Lipinski definition) is 2. The van der Waals surface area contributed by atoms with Crippen molar-refractivity contribution in [1.82, 2.24) is 14.7 Å². The van der Waals surface area contributed by atoms with Gasteiger partial charge in [-0.05, 0) is 54.9 Å². The molecule has 0 bridgehead atoms. The minimum Gasteiger partial charge on any atom is -0.342 e. The Balaban J connectivity index is 1.43. The highest BCUT2D eigenvalue weighted by molar-refractivity contribution is 5.91. The number of nitrogens with zero attached hydrogens (tertiary/aromatic N) is 3. The van der Waals surface area contributed by atoms with Crippen molar-refractivity contribution < 1.29 is 9.18 Å². The van der Waals surface area contributed by atoms with Crippen LogP contribution in [0.5, 0.6) is 0 Å². The molecule has 5 heteroatoms. The van der Waals surface area contributed by atoms with E-state index in [4.69, 9.17) is 0 Å². The van der Waals surface area contributed by atoms with E-state index in [1.54, 1.807) is 12.1 Å².